The second-order valence-electron chi connectivity index (χ2n) is 4.36. The highest BCUT2D eigenvalue weighted by Gasteiger charge is 2.38. The number of hydrogen-bond acceptors (Lipinski definition) is 4. The van der Waals surface area contributed by atoms with Gasteiger partial charge in [0.2, 0.25) is 0 Å². The number of ether oxygens (including phenoxy) is 1. The maximum absolute atomic E-state index is 12.2. The van der Waals surface area contributed by atoms with Gasteiger partial charge in [-0.15, -0.1) is 0 Å². The lowest BCUT2D eigenvalue weighted by Gasteiger charge is -2.12. The molecule has 1 heterocycles. The second-order valence-corrected chi connectivity index (χ2v) is 4.89. The number of amides is 3. The standard InChI is InChI=1S/C13H15N3O3S/c1-19-9-4-2-8(3-5-9)11-12(17)16(13(18)15-11)7-6-10(14)20/h2-5,11H,6-7H2,1H3,(H2,14,20)(H,15,18). The van der Waals surface area contributed by atoms with Gasteiger partial charge in [-0.25, -0.2) is 4.79 Å². The fourth-order valence-corrected chi connectivity index (χ4v) is 2.07. The first-order valence-corrected chi connectivity index (χ1v) is 6.48. The van der Waals surface area contributed by atoms with Crippen LogP contribution in [0.3, 0.4) is 0 Å². The predicted molar refractivity (Wildman–Crippen MR) is 77.4 cm³/mol. The molecule has 1 atom stereocenters. The first-order chi connectivity index (χ1) is 9.52. The molecule has 0 radical (unpaired) electrons. The van der Waals surface area contributed by atoms with Gasteiger partial charge in [-0.3, -0.25) is 9.69 Å². The summed E-state index contributed by atoms with van der Waals surface area (Å²) in [5.74, 6) is 0.396. The molecule has 0 saturated carbocycles. The number of benzene rings is 1. The third-order valence-electron chi connectivity index (χ3n) is 3.06. The van der Waals surface area contributed by atoms with Gasteiger partial charge in [0.25, 0.3) is 5.91 Å². The van der Waals surface area contributed by atoms with Crippen molar-refractivity contribution in [2.75, 3.05) is 13.7 Å². The molecular weight excluding hydrogens is 278 g/mol. The molecule has 1 aromatic rings. The Morgan fingerprint density at radius 1 is 1.40 bits per heavy atom. The molecule has 1 aliphatic rings. The fraction of sp³-hybridized carbons (Fsp3) is 0.308. The molecule has 0 bridgehead atoms. The van der Waals surface area contributed by atoms with Gasteiger partial charge in [0.05, 0.1) is 12.1 Å². The quantitative estimate of drug-likeness (QED) is 0.624. The largest absolute Gasteiger partial charge is 0.497 e. The molecule has 20 heavy (non-hydrogen) atoms. The zero-order valence-corrected chi connectivity index (χ0v) is 11.8. The molecule has 2 rings (SSSR count). The molecule has 3 amide bonds. The molecule has 1 saturated heterocycles. The van der Waals surface area contributed by atoms with E-state index in [2.05, 4.69) is 5.32 Å². The molecule has 6 nitrogen and oxygen atoms in total. The normalized spacial score (nSPS) is 18.1. The summed E-state index contributed by atoms with van der Waals surface area (Å²) >= 11 is 4.75. The Labute approximate surface area is 121 Å². The number of carbonyl (C=O) groups is 2. The Kier molecular flexibility index (Phi) is 4.19. The second kappa shape index (κ2) is 5.87. The number of hydrogen-bond donors (Lipinski definition) is 2. The zero-order valence-electron chi connectivity index (χ0n) is 11.0. The van der Waals surface area contributed by atoms with Crippen LogP contribution in [0, 0.1) is 0 Å². The fourth-order valence-electron chi connectivity index (χ4n) is 1.98. The first kappa shape index (κ1) is 14.3. The summed E-state index contributed by atoms with van der Waals surface area (Å²) in [6, 6.07) is 5.89. The summed E-state index contributed by atoms with van der Waals surface area (Å²) < 4.78 is 5.05. The van der Waals surface area contributed by atoms with Crippen LogP contribution < -0.4 is 15.8 Å². The Morgan fingerprint density at radius 3 is 2.60 bits per heavy atom. The van der Waals surface area contributed by atoms with Crippen LogP contribution in [0.4, 0.5) is 4.79 Å². The van der Waals surface area contributed by atoms with Crippen LogP contribution in [-0.2, 0) is 4.79 Å². The van der Waals surface area contributed by atoms with E-state index in [1.54, 1.807) is 31.4 Å². The van der Waals surface area contributed by atoms with Crippen molar-refractivity contribution in [1.29, 1.82) is 0 Å². The average Bonchev–Trinajstić information content (AvgIpc) is 2.72. The van der Waals surface area contributed by atoms with Gasteiger partial charge < -0.3 is 15.8 Å². The molecule has 0 aliphatic carbocycles. The number of nitrogens with two attached hydrogens (primary N) is 1. The smallest absolute Gasteiger partial charge is 0.325 e. The van der Waals surface area contributed by atoms with Crippen molar-refractivity contribution in [3.63, 3.8) is 0 Å². The maximum atomic E-state index is 12.2. The molecule has 106 valence electrons. The van der Waals surface area contributed by atoms with Crippen LogP contribution in [0.15, 0.2) is 24.3 Å². The number of imide groups is 1. The van der Waals surface area contributed by atoms with Crippen LogP contribution in [0.5, 0.6) is 5.75 Å². The summed E-state index contributed by atoms with van der Waals surface area (Å²) in [5, 5.41) is 2.64. The molecule has 7 heteroatoms. The van der Waals surface area contributed by atoms with Crippen molar-refractivity contribution in [2.45, 2.75) is 12.5 Å². The van der Waals surface area contributed by atoms with Crippen LogP contribution >= 0.6 is 12.2 Å². The molecule has 1 aromatic carbocycles. The third kappa shape index (κ3) is 2.88. The average molecular weight is 293 g/mol. The van der Waals surface area contributed by atoms with Gasteiger partial charge >= 0.3 is 6.03 Å². The monoisotopic (exact) mass is 293 g/mol. The lowest BCUT2D eigenvalue weighted by atomic mass is 10.1. The van der Waals surface area contributed by atoms with Crippen molar-refractivity contribution in [1.82, 2.24) is 10.2 Å². The van der Waals surface area contributed by atoms with Crippen LogP contribution in [0.2, 0.25) is 0 Å². The first-order valence-electron chi connectivity index (χ1n) is 6.07. The zero-order chi connectivity index (χ0) is 14.7. The Hall–Kier alpha value is -2.15. The highest BCUT2D eigenvalue weighted by atomic mass is 32.1. The van der Waals surface area contributed by atoms with Crippen molar-refractivity contribution in [3.05, 3.63) is 29.8 Å². The molecular formula is C13H15N3O3S. The minimum atomic E-state index is -0.667. The van der Waals surface area contributed by atoms with Crippen molar-refractivity contribution < 1.29 is 14.3 Å². The summed E-state index contributed by atoms with van der Waals surface area (Å²) in [7, 11) is 1.56. The van der Waals surface area contributed by atoms with Crippen LogP contribution in [0.25, 0.3) is 0 Å². The lowest BCUT2D eigenvalue weighted by molar-refractivity contribution is -0.127. The van der Waals surface area contributed by atoms with Crippen molar-refractivity contribution >= 4 is 29.1 Å². The highest BCUT2D eigenvalue weighted by molar-refractivity contribution is 7.80. The van der Waals surface area contributed by atoms with E-state index in [0.717, 1.165) is 4.90 Å². The van der Waals surface area contributed by atoms with Gasteiger partial charge in [0.15, 0.2) is 0 Å². The third-order valence-corrected chi connectivity index (χ3v) is 3.26. The van der Waals surface area contributed by atoms with E-state index < -0.39 is 12.1 Å². The molecule has 3 N–H and O–H groups in total. The number of thiocarbonyl (C=S) groups is 1. The van der Waals surface area contributed by atoms with Crippen molar-refractivity contribution in [3.8, 4) is 5.75 Å². The number of rotatable bonds is 5. The van der Waals surface area contributed by atoms with E-state index in [1.807, 2.05) is 0 Å². The van der Waals surface area contributed by atoms with Crippen LogP contribution in [-0.4, -0.2) is 35.5 Å². The molecule has 1 unspecified atom stereocenters. The van der Waals surface area contributed by atoms with E-state index in [0.29, 0.717) is 17.7 Å². The predicted octanol–water partition coefficient (Wildman–Crippen LogP) is 0.964. The topological polar surface area (TPSA) is 84.7 Å². The van der Waals surface area contributed by atoms with E-state index in [9.17, 15) is 9.59 Å². The molecule has 0 spiro atoms. The Morgan fingerprint density at radius 2 is 2.05 bits per heavy atom. The van der Waals surface area contributed by atoms with Gasteiger partial charge in [-0.2, -0.15) is 0 Å². The molecule has 1 fully saturated rings. The number of nitrogens with zero attached hydrogens (tertiary/aromatic N) is 1. The number of methoxy groups -OCH3 is 1. The minimum absolute atomic E-state index is 0.201. The molecule has 1 aliphatic heterocycles. The number of carbonyl (C=O) groups excluding carboxylic acids is 2. The van der Waals surface area contributed by atoms with Gasteiger partial charge in [0.1, 0.15) is 11.8 Å². The molecule has 0 aromatic heterocycles. The van der Waals surface area contributed by atoms with Crippen molar-refractivity contribution in [2.24, 2.45) is 5.73 Å². The lowest BCUT2D eigenvalue weighted by Crippen LogP contribution is -2.33. The summed E-state index contributed by atoms with van der Waals surface area (Å²) in [6.45, 7) is 0.201. The summed E-state index contributed by atoms with van der Waals surface area (Å²) in [4.78, 5) is 25.4. The Bertz CT molecular complexity index is 544. The van der Waals surface area contributed by atoms with Gasteiger partial charge in [0, 0.05) is 13.0 Å². The van der Waals surface area contributed by atoms with Gasteiger partial charge in [-0.1, -0.05) is 24.4 Å². The number of nitrogens with one attached hydrogen (secondary N) is 1. The van der Waals surface area contributed by atoms with E-state index in [-0.39, 0.29) is 17.4 Å². The highest BCUT2D eigenvalue weighted by Crippen LogP contribution is 2.23. The van der Waals surface area contributed by atoms with E-state index in [4.69, 9.17) is 22.7 Å². The number of urea groups is 1. The summed E-state index contributed by atoms with van der Waals surface area (Å²) in [6.07, 6.45) is 0.323. The minimum Gasteiger partial charge on any atom is -0.497 e. The van der Waals surface area contributed by atoms with E-state index >= 15 is 0 Å². The van der Waals surface area contributed by atoms with E-state index in [1.165, 1.54) is 0 Å². The summed E-state index contributed by atoms with van der Waals surface area (Å²) in [5.41, 5.74) is 6.10. The van der Waals surface area contributed by atoms with Crippen LogP contribution in [0.1, 0.15) is 18.0 Å². The van der Waals surface area contributed by atoms with Gasteiger partial charge in [-0.05, 0) is 17.7 Å². The maximum Gasteiger partial charge on any atom is 0.325 e. The Balaban J connectivity index is 2.12. The SMILES string of the molecule is COc1ccc(C2NC(=O)N(CCC(N)=S)C2=O)cc1.